The number of anilines is 1. The number of unbranched alkanes of at least 4 members (excludes halogenated alkanes) is 2. The molecule has 0 saturated carbocycles. The molecule has 0 atom stereocenters. The summed E-state index contributed by atoms with van der Waals surface area (Å²) in [5.41, 5.74) is 4.14. The van der Waals surface area contributed by atoms with E-state index in [0.29, 0.717) is 13.2 Å². The molecule has 2 aromatic carbocycles. The van der Waals surface area contributed by atoms with Crippen molar-refractivity contribution in [3.05, 3.63) is 72.3 Å². The van der Waals surface area contributed by atoms with Gasteiger partial charge in [0.1, 0.15) is 0 Å². The molecular formula is C22H29NO2. The minimum atomic E-state index is 0.654. The Morgan fingerprint density at radius 2 is 1.32 bits per heavy atom. The normalized spacial score (nSPS) is 10.6. The highest BCUT2D eigenvalue weighted by molar-refractivity contribution is 5.78. The molecule has 3 heteroatoms. The van der Waals surface area contributed by atoms with Crippen molar-refractivity contribution < 1.29 is 9.68 Å². The number of hydrogen-bond acceptors (Lipinski definition) is 3. The smallest absolute Gasteiger partial charge is 0.0947 e. The molecule has 0 saturated heterocycles. The Kier molecular flexibility index (Phi) is 8.23. The van der Waals surface area contributed by atoms with Crippen LogP contribution in [0.3, 0.4) is 0 Å². The predicted octanol–water partition coefficient (Wildman–Crippen LogP) is 6.02. The summed E-state index contributed by atoms with van der Waals surface area (Å²) in [4.78, 5) is 11.6. The van der Waals surface area contributed by atoms with E-state index < -0.39 is 0 Å². The van der Waals surface area contributed by atoms with Gasteiger partial charge >= 0.3 is 0 Å². The SMILES string of the molecule is C=C(c1ccccc1)c1ccc(N(OCCCC)OCCCC)cc1. The van der Waals surface area contributed by atoms with Crippen LogP contribution in [-0.2, 0) is 9.68 Å². The lowest BCUT2D eigenvalue weighted by atomic mass is 10.00. The lowest BCUT2D eigenvalue weighted by Crippen LogP contribution is -2.25. The maximum Gasteiger partial charge on any atom is 0.0947 e. The van der Waals surface area contributed by atoms with Gasteiger partial charge in [0, 0.05) is 0 Å². The Balaban J connectivity index is 2.06. The van der Waals surface area contributed by atoms with Crippen LogP contribution in [0.5, 0.6) is 0 Å². The summed E-state index contributed by atoms with van der Waals surface area (Å²) < 4.78 is 0. The molecule has 0 fully saturated rings. The zero-order chi connectivity index (χ0) is 17.9. The number of rotatable bonds is 11. The van der Waals surface area contributed by atoms with Crippen molar-refractivity contribution >= 4 is 11.3 Å². The molecule has 2 aromatic rings. The van der Waals surface area contributed by atoms with E-state index in [1.807, 2.05) is 30.3 Å². The van der Waals surface area contributed by atoms with Crippen molar-refractivity contribution in [2.45, 2.75) is 39.5 Å². The number of benzene rings is 2. The topological polar surface area (TPSA) is 21.7 Å². The predicted molar refractivity (Wildman–Crippen MR) is 105 cm³/mol. The third-order valence-electron chi connectivity index (χ3n) is 3.96. The van der Waals surface area contributed by atoms with E-state index in [1.165, 1.54) is 0 Å². The first kappa shape index (κ1) is 19.2. The molecular weight excluding hydrogens is 310 g/mol. The molecule has 0 radical (unpaired) electrons. The van der Waals surface area contributed by atoms with E-state index in [4.69, 9.17) is 9.68 Å². The van der Waals surface area contributed by atoms with E-state index in [9.17, 15) is 0 Å². The fourth-order valence-corrected chi connectivity index (χ4v) is 2.36. The van der Waals surface area contributed by atoms with Crippen LogP contribution in [0.25, 0.3) is 5.57 Å². The molecule has 0 aromatic heterocycles. The van der Waals surface area contributed by atoms with Gasteiger partial charge in [-0.15, -0.1) is 5.23 Å². The van der Waals surface area contributed by atoms with Gasteiger partial charge in [0.2, 0.25) is 0 Å². The molecule has 2 rings (SSSR count). The van der Waals surface area contributed by atoms with Gasteiger partial charge in [-0.05, 0) is 41.7 Å². The average Bonchev–Trinajstić information content (AvgIpc) is 2.67. The van der Waals surface area contributed by atoms with Crippen LogP contribution in [0, 0.1) is 0 Å². The molecule has 0 aliphatic rings. The fraction of sp³-hybridized carbons (Fsp3) is 0.364. The van der Waals surface area contributed by atoms with E-state index in [0.717, 1.165) is 48.1 Å². The molecule has 25 heavy (non-hydrogen) atoms. The molecule has 0 amide bonds. The highest BCUT2D eigenvalue weighted by Gasteiger charge is 2.09. The average molecular weight is 339 g/mol. The zero-order valence-electron chi connectivity index (χ0n) is 15.4. The molecule has 0 unspecified atom stereocenters. The van der Waals surface area contributed by atoms with E-state index in [-0.39, 0.29) is 0 Å². The number of nitrogens with zero attached hydrogens (tertiary/aromatic N) is 1. The second-order valence-electron chi connectivity index (χ2n) is 6.02. The summed E-state index contributed by atoms with van der Waals surface area (Å²) >= 11 is 0. The second-order valence-corrected chi connectivity index (χ2v) is 6.02. The van der Waals surface area contributed by atoms with Crippen LogP contribution >= 0.6 is 0 Å². The van der Waals surface area contributed by atoms with Crippen molar-refractivity contribution in [1.29, 1.82) is 0 Å². The lowest BCUT2D eigenvalue weighted by Gasteiger charge is -2.23. The minimum Gasteiger partial charge on any atom is -0.249 e. The van der Waals surface area contributed by atoms with Crippen LogP contribution in [-0.4, -0.2) is 13.2 Å². The van der Waals surface area contributed by atoms with E-state index in [2.05, 4.69) is 44.7 Å². The standard InChI is InChI=1S/C22H29NO2/c1-4-6-17-24-23(25-18-7-5-2)22-15-13-21(14-16-22)19(3)20-11-9-8-10-12-20/h8-16H,3-7,17-18H2,1-2H3. The van der Waals surface area contributed by atoms with Gasteiger partial charge in [0.15, 0.2) is 0 Å². The van der Waals surface area contributed by atoms with Gasteiger partial charge in [-0.25, -0.2) is 9.68 Å². The highest BCUT2D eigenvalue weighted by atomic mass is 16.9. The third-order valence-corrected chi connectivity index (χ3v) is 3.96. The Bertz CT molecular complexity index is 612. The van der Waals surface area contributed by atoms with Gasteiger partial charge in [-0.1, -0.05) is 75.7 Å². The summed E-state index contributed by atoms with van der Waals surface area (Å²) in [5.74, 6) is 0. The molecule has 0 heterocycles. The number of hydrogen-bond donors (Lipinski definition) is 0. The highest BCUT2D eigenvalue weighted by Crippen LogP contribution is 2.24. The van der Waals surface area contributed by atoms with Crippen LogP contribution in [0.2, 0.25) is 0 Å². The van der Waals surface area contributed by atoms with Gasteiger partial charge in [-0.3, -0.25) is 0 Å². The molecule has 0 N–H and O–H groups in total. The summed E-state index contributed by atoms with van der Waals surface area (Å²) in [5, 5.41) is 1.56. The Labute approximate surface area is 151 Å². The van der Waals surface area contributed by atoms with Crippen molar-refractivity contribution in [1.82, 2.24) is 0 Å². The minimum absolute atomic E-state index is 0.654. The fourth-order valence-electron chi connectivity index (χ4n) is 2.36. The van der Waals surface area contributed by atoms with Crippen LogP contribution in [0.1, 0.15) is 50.7 Å². The maximum absolute atomic E-state index is 5.79. The second kappa shape index (κ2) is 10.7. The van der Waals surface area contributed by atoms with Crippen LogP contribution < -0.4 is 5.23 Å². The van der Waals surface area contributed by atoms with Crippen molar-refractivity contribution in [2.75, 3.05) is 18.4 Å². The Hall–Kier alpha value is -2.10. The monoisotopic (exact) mass is 339 g/mol. The van der Waals surface area contributed by atoms with Crippen molar-refractivity contribution in [3.63, 3.8) is 0 Å². The van der Waals surface area contributed by atoms with Gasteiger partial charge in [0.25, 0.3) is 0 Å². The first-order valence-corrected chi connectivity index (χ1v) is 9.17. The summed E-state index contributed by atoms with van der Waals surface area (Å²) in [6.07, 6.45) is 4.21. The Morgan fingerprint density at radius 1 is 0.800 bits per heavy atom. The van der Waals surface area contributed by atoms with Gasteiger partial charge in [-0.2, -0.15) is 0 Å². The summed E-state index contributed by atoms with van der Waals surface area (Å²) in [7, 11) is 0. The third kappa shape index (κ3) is 6.04. The molecule has 3 nitrogen and oxygen atoms in total. The Morgan fingerprint density at radius 3 is 1.84 bits per heavy atom. The summed E-state index contributed by atoms with van der Waals surface area (Å²) in [6, 6.07) is 18.4. The molecule has 0 bridgehead atoms. The zero-order valence-corrected chi connectivity index (χ0v) is 15.4. The first-order valence-electron chi connectivity index (χ1n) is 9.17. The van der Waals surface area contributed by atoms with Crippen molar-refractivity contribution in [2.24, 2.45) is 0 Å². The lowest BCUT2D eigenvalue weighted by molar-refractivity contribution is -0.0909. The van der Waals surface area contributed by atoms with E-state index >= 15 is 0 Å². The summed E-state index contributed by atoms with van der Waals surface area (Å²) in [6.45, 7) is 9.82. The maximum atomic E-state index is 5.79. The van der Waals surface area contributed by atoms with Crippen LogP contribution in [0.4, 0.5) is 5.69 Å². The molecule has 134 valence electrons. The quantitative estimate of drug-likeness (QED) is 0.369. The van der Waals surface area contributed by atoms with Crippen molar-refractivity contribution in [3.8, 4) is 0 Å². The molecule has 0 spiro atoms. The van der Waals surface area contributed by atoms with Gasteiger partial charge < -0.3 is 0 Å². The molecule has 0 aliphatic heterocycles. The van der Waals surface area contributed by atoms with Gasteiger partial charge in [0.05, 0.1) is 18.9 Å². The largest absolute Gasteiger partial charge is 0.249 e. The first-order chi connectivity index (χ1) is 12.3. The molecule has 0 aliphatic carbocycles. The van der Waals surface area contributed by atoms with E-state index in [1.54, 1.807) is 5.23 Å². The van der Waals surface area contributed by atoms with Crippen LogP contribution in [0.15, 0.2) is 61.2 Å².